The Kier molecular flexibility index (Phi) is 4.77. The molecule has 1 heterocycles. The van der Waals surface area contributed by atoms with Crippen molar-refractivity contribution < 1.29 is 19.0 Å². The Morgan fingerprint density at radius 2 is 2.12 bits per heavy atom. The summed E-state index contributed by atoms with van der Waals surface area (Å²) < 4.78 is 17.2. The molecule has 0 N–H and O–H groups in total. The number of carbonyl (C=O) groups is 1. The van der Waals surface area contributed by atoms with Gasteiger partial charge in [-0.05, 0) is 42.8 Å². The fraction of sp³-hybridized carbons (Fsp3) is 0.158. The fourth-order valence-corrected chi connectivity index (χ4v) is 3.01. The molecule has 0 saturated heterocycles. The molecule has 0 bridgehead atoms. The van der Waals surface area contributed by atoms with Gasteiger partial charge in [-0.1, -0.05) is 15.9 Å². The van der Waals surface area contributed by atoms with Crippen LogP contribution in [0.2, 0.25) is 0 Å². The van der Waals surface area contributed by atoms with Gasteiger partial charge in [0.25, 0.3) is 0 Å². The molecule has 126 valence electrons. The van der Waals surface area contributed by atoms with Gasteiger partial charge in [0.15, 0.2) is 12.4 Å². The Hall–Kier alpha value is -2.78. The van der Waals surface area contributed by atoms with E-state index in [4.69, 9.17) is 19.5 Å². The maximum atomic E-state index is 12.7. The number of nitriles is 1. The first kappa shape index (κ1) is 17.1. The average Bonchev–Trinajstić information content (AvgIpc) is 2.89. The minimum absolute atomic E-state index is 0.0654. The summed E-state index contributed by atoms with van der Waals surface area (Å²) in [6.07, 6.45) is 1.65. The van der Waals surface area contributed by atoms with Crippen molar-refractivity contribution in [3.05, 3.63) is 57.3 Å². The molecule has 0 amide bonds. The Morgan fingerprint density at radius 1 is 1.32 bits per heavy atom. The number of hydrogen-bond donors (Lipinski definition) is 0. The lowest BCUT2D eigenvalue weighted by Crippen LogP contribution is -2.00. The molecule has 0 unspecified atom stereocenters. The van der Waals surface area contributed by atoms with E-state index in [1.807, 2.05) is 31.2 Å². The van der Waals surface area contributed by atoms with Crippen LogP contribution in [0.1, 0.15) is 21.5 Å². The molecule has 0 spiro atoms. The number of ketones is 1. The highest BCUT2D eigenvalue weighted by atomic mass is 79.9. The lowest BCUT2D eigenvalue weighted by molar-refractivity contribution is 0.101. The second-order valence-corrected chi connectivity index (χ2v) is 6.30. The van der Waals surface area contributed by atoms with Gasteiger partial charge in [-0.25, -0.2) is 0 Å². The molecule has 1 aliphatic heterocycles. The summed E-state index contributed by atoms with van der Waals surface area (Å²) >= 11 is 3.41. The van der Waals surface area contributed by atoms with E-state index in [-0.39, 0.29) is 18.1 Å². The highest BCUT2D eigenvalue weighted by Gasteiger charge is 2.30. The third-order valence-corrected chi connectivity index (χ3v) is 4.22. The molecule has 2 aromatic carbocycles. The standard InChI is InChI=1S/C19H14BrNO4/c1-11-7-14(24-6-5-21)10-16-18(11)19(22)17(25-16)9-12-8-13(20)3-4-15(12)23-2/h3-4,7-10H,6H2,1-2H3/b17-9-. The van der Waals surface area contributed by atoms with E-state index in [2.05, 4.69) is 15.9 Å². The van der Waals surface area contributed by atoms with Crippen molar-refractivity contribution in [2.24, 2.45) is 0 Å². The van der Waals surface area contributed by atoms with Crippen LogP contribution in [0.4, 0.5) is 0 Å². The average molecular weight is 400 g/mol. The van der Waals surface area contributed by atoms with E-state index in [0.29, 0.717) is 22.8 Å². The number of fused-ring (bicyclic) bond motifs is 1. The first-order valence-corrected chi connectivity index (χ1v) is 8.25. The van der Waals surface area contributed by atoms with Gasteiger partial charge < -0.3 is 14.2 Å². The van der Waals surface area contributed by atoms with E-state index in [1.54, 1.807) is 25.3 Å². The Labute approximate surface area is 153 Å². The van der Waals surface area contributed by atoms with Gasteiger partial charge in [-0.15, -0.1) is 0 Å². The maximum absolute atomic E-state index is 12.7. The monoisotopic (exact) mass is 399 g/mol. The van der Waals surface area contributed by atoms with Crippen LogP contribution in [0, 0.1) is 18.3 Å². The lowest BCUT2D eigenvalue weighted by Gasteiger charge is -2.06. The van der Waals surface area contributed by atoms with Crippen LogP contribution in [-0.2, 0) is 0 Å². The largest absolute Gasteiger partial charge is 0.496 e. The van der Waals surface area contributed by atoms with Gasteiger partial charge >= 0.3 is 0 Å². The van der Waals surface area contributed by atoms with E-state index in [0.717, 1.165) is 15.6 Å². The van der Waals surface area contributed by atoms with Gasteiger partial charge in [0.1, 0.15) is 23.3 Å². The smallest absolute Gasteiger partial charge is 0.232 e. The zero-order valence-electron chi connectivity index (χ0n) is 13.6. The molecule has 0 aromatic heterocycles. The van der Waals surface area contributed by atoms with E-state index in [9.17, 15) is 4.79 Å². The highest BCUT2D eigenvalue weighted by Crippen LogP contribution is 2.38. The van der Waals surface area contributed by atoms with Crippen molar-refractivity contribution in [1.29, 1.82) is 5.26 Å². The summed E-state index contributed by atoms with van der Waals surface area (Å²) in [5, 5.41) is 8.63. The molecule has 25 heavy (non-hydrogen) atoms. The topological polar surface area (TPSA) is 68.6 Å². The third-order valence-electron chi connectivity index (χ3n) is 3.73. The molecular formula is C19H14BrNO4. The van der Waals surface area contributed by atoms with Gasteiger partial charge in [0, 0.05) is 16.1 Å². The van der Waals surface area contributed by atoms with Crippen LogP contribution in [-0.4, -0.2) is 19.5 Å². The first-order chi connectivity index (χ1) is 12.0. The summed E-state index contributed by atoms with van der Waals surface area (Å²) in [6.45, 7) is 1.74. The Bertz CT molecular complexity index is 928. The number of ether oxygens (including phenoxy) is 3. The summed E-state index contributed by atoms with van der Waals surface area (Å²) in [6, 6.07) is 10.8. The van der Waals surface area contributed by atoms with Gasteiger partial charge in [-0.3, -0.25) is 4.79 Å². The normalized spacial score (nSPS) is 14.0. The number of nitrogens with zero attached hydrogens (tertiary/aromatic N) is 1. The van der Waals surface area contributed by atoms with Crippen molar-refractivity contribution in [3.63, 3.8) is 0 Å². The van der Waals surface area contributed by atoms with E-state index >= 15 is 0 Å². The highest BCUT2D eigenvalue weighted by molar-refractivity contribution is 9.10. The fourth-order valence-electron chi connectivity index (χ4n) is 2.64. The first-order valence-electron chi connectivity index (χ1n) is 7.45. The van der Waals surface area contributed by atoms with E-state index in [1.165, 1.54) is 0 Å². The molecule has 5 nitrogen and oxygen atoms in total. The van der Waals surface area contributed by atoms with Gasteiger partial charge in [0.05, 0.1) is 12.7 Å². The van der Waals surface area contributed by atoms with E-state index < -0.39 is 0 Å². The van der Waals surface area contributed by atoms with Gasteiger partial charge in [0.2, 0.25) is 5.78 Å². The zero-order valence-corrected chi connectivity index (χ0v) is 15.2. The molecule has 1 aliphatic rings. The minimum Gasteiger partial charge on any atom is -0.496 e. The predicted octanol–water partition coefficient (Wildman–Crippen LogP) is 4.28. The number of methoxy groups -OCH3 is 1. The number of halogens is 1. The molecular weight excluding hydrogens is 386 g/mol. The van der Waals surface area contributed by atoms with Crippen molar-refractivity contribution in [1.82, 2.24) is 0 Å². The van der Waals surface area contributed by atoms with Crippen LogP contribution in [0.5, 0.6) is 17.2 Å². The SMILES string of the molecule is COc1ccc(Br)cc1/C=C1\Oc2cc(OCC#N)cc(C)c2C1=O. The number of benzene rings is 2. The van der Waals surface area contributed by atoms with Crippen molar-refractivity contribution >= 4 is 27.8 Å². The number of Topliss-reactive ketones (excluding diaryl/α,β-unsaturated/α-hetero) is 1. The molecule has 0 aliphatic carbocycles. The summed E-state index contributed by atoms with van der Waals surface area (Å²) in [7, 11) is 1.57. The van der Waals surface area contributed by atoms with Gasteiger partial charge in [-0.2, -0.15) is 5.26 Å². The molecule has 0 radical (unpaired) electrons. The Morgan fingerprint density at radius 3 is 2.84 bits per heavy atom. The van der Waals surface area contributed by atoms with Crippen LogP contribution >= 0.6 is 15.9 Å². The summed E-state index contributed by atoms with van der Waals surface area (Å²) in [5.41, 5.74) is 1.97. The van der Waals surface area contributed by atoms with Crippen LogP contribution < -0.4 is 14.2 Å². The molecule has 0 atom stereocenters. The molecule has 6 heteroatoms. The van der Waals surface area contributed by atoms with Crippen LogP contribution in [0.25, 0.3) is 6.08 Å². The molecule has 0 saturated carbocycles. The number of aryl methyl sites for hydroxylation is 1. The van der Waals surface area contributed by atoms with Crippen LogP contribution in [0.15, 0.2) is 40.6 Å². The Balaban J connectivity index is 1.99. The zero-order chi connectivity index (χ0) is 18.0. The number of allylic oxidation sites excluding steroid dienone is 1. The number of carbonyl (C=O) groups excluding carboxylic acids is 1. The maximum Gasteiger partial charge on any atom is 0.232 e. The molecule has 3 rings (SSSR count). The van der Waals surface area contributed by atoms with Crippen molar-refractivity contribution in [3.8, 4) is 23.3 Å². The number of hydrogen-bond acceptors (Lipinski definition) is 5. The van der Waals surface area contributed by atoms with Crippen molar-refractivity contribution in [2.75, 3.05) is 13.7 Å². The quantitative estimate of drug-likeness (QED) is 0.717. The third kappa shape index (κ3) is 3.37. The van der Waals surface area contributed by atoms with Crippen LogP contribution in [0.3, 0.4) is 0 Å². The van der Waals surface area contributed by atoms with Crippen molar-refractivity contribution in [2.45, 2.75) is 6.92 Å². The predicted molar refractivity (Wildman–Crippen MR) is 95.9 cm³/mol. The molecule has 2 aromatic rings. The number of rotatable bonds is 4. The molecule has 0 fully saturated rings. The second-order valence-electron chi connectivity index (χ2n) is 5.39. The lowest BCUT2D eigenvalue weighted by atomic mass is 10.0. The minimum atomic E-state index is -0.193. The summed E-state index contributed by atoms with van der Waals surface area (Å²) in [4.78, 5) is 12.7. The summed E-state index contributed by atoms with van der Waals surface area (Å²) in [5.74, 6) is 1.58. The second kappa shape index (κ2) is 6.99.